The molecule has 1 aromatic rings. The summed E-state index contributed by atoms with van der Waals surface area (Å²) in [4.78, 5) is 11.8. The number of hydrogen-bond acceptors (Lipinski definition) is 4. The van der Waals surface area contributed by atoms with Gasteiger partial charge in [0.25, 0.3) is 0 Å². The number of anilines is 1. The number of aromatic nitrogens is 2. The highest BCUT2D eigenvalue weighted by molar-refractivity contribution is 7.98. The molecule has 1 aliphatic rings. The van der Waals surface area contributed by atoms with Gasteiger partial charge in [-0.3, -0.25) is 9.48 Å². The summed E-state index contributed by atoms with van der Waals surface area (Å²) in [6.07, 6.45) is 5.04. The first-order valence-corrected chi connectivity index (χ1v) is 7.65. The Morgan fingerprint density at radius 2 is 2.53 bits per heavy atom. The van der Waals surface area contributed by atoms with Crippen molar-refractivity contribution in [2.75, 3.05) is 30.4 Å². The van der Waals surface area contributed by atoms with E-state index < -0.39 is 0 Å². The number of rotatable bonds is 5. The molecular formula is C12H21ClN4OS. The van der Waals surface area contributed by atoms with Crippen molar-refractivity contribution >= 4 is 35.9 Å². The van der Waals surface area contributed by atoms with Crippen LogP contribution in [-0.4, -0.2) is 40.8 Å². The molecule has 1 aromatic heterocycles. The van der Waals surface area contributed by atoms with Gasteiger partial charge in [-0.1, -0.05) is 6.92 Å². The smallest absolute Gasteiger partial charge is 0.229 e. The van der Waals surface area contributed by atoms with Crippen LogP contribution in [0.25, 0.3) is 0 Å². The molecule has 1 aliphatic heterocycles. The highest BCUT2D eigenvalue weighted by Gasteiger charge is 2.18. The summed E-state index contributed by atoms with van der Waals surface area (Å²) in [5, 5.41) is 10.6. The molecule has 1 saturated heterocycles. The maximum Gasteiger partial charge on any atom is 0.229 e. The van der Waals surface area contributed by atoms with Crippen LogP contribution in [0.4, 0.5) is 5.82 Å². The number of carbonyl (C=O) groups is 1. The third-order valence-electron chi connectivity index (χ3n) is 3.13. The van der Waals surface area contributed by atoms with Crippen molar-refractivity contribution in [3.8, 4) is 0 Å². The highest BCUT2D eigenvalue weighted by atomic mass is 35.5. The first kappa shape index (κ1) is 16.3. The first-order chi connectivity index (χ1) is 8.70. The van der Waals surface area contributed by atoms with Gasteiger partial charge in [0.2, 0.25) is 5.91 Å². The largest absolute Gasteiger partial charge is 0.315 e. The molecule has 1 fully saturated rings. The number of amides is 1. The van der Waals surface area contributed by atoms with E-state index in [1.54, 1.807) is 11.8 Å². The fourth-order valence-electron chi connectivity index (χ4n) is 2.05. The summed E-state index contributed by atoms with van der Waals surface area (Å²) in [5.74, 6) is 1.54. The number of halogens is 1. The Kier molecular flexibility index (Phi) is 6.68. The summed E-state index contributed by atoms with van der Waals surface area (Å²) in [6.45, 7) is 3.93. The number of carbonyl (C=O) groups excluding carboxylic acids is 1. The van der Waals surface area contributed by atoms with E-state index in [4.69, 9.17) is 0 Å². The Balaban J connectivity index is 0.00000180. The summed E-state index contributed by atoms with van der Waals surface area (Å²) < 4.78 is 1.94. The minimum atomic E-state index is 0. The topological polar surface area (TPSA) is 59.0 Å². The second-order valence-electron chi connectivity index (χ2n) is 4.67. The number of nitrogens with one attached hydrogen (secondary N) is 2. The Morgan fingerprint density at radius 1 is 1.74 bits per heavy atom. The summed E-state index contributed by atoms with van der Waals surface area (Å²) in [7, 11) is 0. The van der Waals surface area contributed by atoms with Crippen LogP contribution in [0.3, 0.4) is 0 Å². The number of hydrogen-bond donors (Lipinski definition) is 2. The van der Waals surface area contributed by atoms with Gasteiger partial charge in [-0.05, 0) is 19.2 Å². The predicted molar refractivity (Wildman–Crippen MR) is 82.2 cm³/mol. The van der Waals surface area contributed by atoms with Gasteiger partial charge in [0.15, 0.2) is 5.82 Å². The van der Waals surface area contributed by atoms with Gasteiger partial charge in [0.05, 0.1) is 6.04 Å². The summed E-state index contributed by atoms with van der Waals surface area (Å²) in [6, 6.07) is 2.28. The van der Waals surface area contributed by atoms with Crippen LogP contribution in [0.1, 0.15) is 19.4 Å². The van der Waals surface area contributed by atoms with Crippen molar-refractivity contribution < 1.29 is 4.79 Å². The zero-order valence-corrected chi connectivity index (χ0v) is 12.9. The normalized spacial score (nSPS) is 19.8. The number of nitrogens with zero attached hydrogens (tertiary/aromatic N) is 2. The van der Waals surface area contributed by atoms with E-state index >= 15 is 0 Å². The second kappa shape index (κ2) is 7.77. The molecule has 2 heterocycles. The van der Waals surface area contributed by atoms with Gasteiger partial charge in [0.1, 0.15) is 0 Å². The van der Waals surface area contributed by atoms with Gasteiger partial charge in [-0.2, -0.15) is 16.9 Å². The van der Waals surface area contributed by atoms with Crippen molar-refractivity contribution in [3.05, 3.63) is 12.3 Å². The Hall–Kier alpha value is -0.720. The molecule has 19 heavy (non-hydrogen) atoms. The van der Waals surface area contributed by atoms with E-state index in [0.717, 1.165) is 25.3 Å². The molecule has 2 unspecified atom stereocenters. The lowest BCUT2D eigenvalue weighted by Gasteiger charge is -2.10. The molecule has 2 rings (SSSR count). The molecule has 0 bridgehead atoms. The average Bonchev–Trinajstić information content (AvgIpc) is 2.98. The molecule has 2 atom stereocenters. The Morgan fingerprint density at radius 3 is 3.16 bits per heavy atom. The molecule has 108 valence electrons. The SMILES string of the molecule is CSCC(C)C(=O)Nc1ccn(C2CCNC2)n1.Cl. The molecular weight excluding hydrogens is 284 g/mol. The molecule has 0 aromatic carbocycles. The van der Waals surface area contributed by atoms with E-state index in [-0.39, 0.29) is 24.2 Å². The van der Waals surface area contributed by atoms with Gasteiger partial charge in [-0.25, -0.2) is 0 Å². The lowest BCUT2D eigenvalue weighted by atomic mass is 10.2. The monoisotopic (exact) mass is 304 g/mol. The molecule has 0 radical (unpaired) electrons. The molecule has 0 spiro atoms. The van der Waals surface area contributed by atoms with Crippen LogP contribution in [0.15, 0.2) is 12.3 Å². The van der Waals surface area contributed by atoms with Crippen LogP contribution < -0.4 is 10.6 Å². The maximum atomic E-state index is 11.8. The van der Waals surface area contributed by atoms with E-state index in [2.05, 4.69) is 15.7 Å². The molecule has 1 amide bonds. The fraction of sp³-hybridized carbons (Fsp3) is 0.667. The van der Waals surface area contributed by atoms with Gasteiger partial charge < -0.3 is 10.6 Å². The Bertz CT molecular complexity index is 406. The van der Waals surface area contributed by atoms with E-state index in [1.165, 1.54) is 0 Å². The van der Waals surface area contributed by atoms with Gasteiger partial charge in [0, 0.05) is 30.5 Å². The maximum absolute atomic E-state index is 11.8. The highest BCUT2D eigenvalue weighted by Crippen LogP contribution is 2.16. The second-order valence-corrected chi connectivity index (χ2v) is 5.58. The van der Waals surface area contributed by atoms with E-state index in [1.807, 2.05) is 30.1 Å². The first-order valence-electron chi connectivity index (χ1n) is 6.26. The zero-order chi connectivity index (χ0) is 13.0. The predicted octanol–water partition coefficient (Wildman–Crippen LogP) is 1.78. The van der Waals surface area contributed by atoms with Crippen LogP contribution >= 0.6 is 24.2 Å². The third kappa shape index (κ3) is 4.40. The number of thioether (sulfide) groups is 1. The molecule has 5 nitrogen and oxygen atoms in total. The lowest BCUT2D eigenvalue weighted by molar-refractivity contribution is -0.118. The quantitative estimate of drug-likeness (QED) is 0.870. The summed E-state index contributed by atoms with van der Waals surface area (Å²) in [5.41, 5.74) is 0. The molecule has 0 aliphatic carbocycles. The minimum Gasteiger partial charge on any atom is -0.315 e. The average molecular weight is 305 g/mol. The Labute approximate surface area is 124 Å². The van der Waals surface area contributed by atoms with E-state index in [9.17, 15) is 4.79 Å². The van der Waals surface area contributed by atoms with Crippen molar-refractivity contribution in [2.45, 2.75) is 19.4 Å². The van der Waals surface area contributed by atoms with Crippen molar-refractivity contribution in [3.63, 3.8) is 0 Å². The van der Waals surface area contributed by atoms with Crippen LogP contribution in [0.2, 0.25) is 0 Å². The van der Waals surface area contributed by atoms with Crippen LogP contribution in [-0.2, 0) is 4.79 Å². The lowest BCUT2D eigenvalue weighted by Crippen LogP contribution is -2.22. The molecule has 0 saturated carbocycles. The standard InChI is InChI=1S/C12H20N4OS.ClH/c1-9(8-18-2)12(17)14-11-4-6-16(15-11)10-3-5-13-7-10;/h4,6,9-10,13H,3,5,7-8H2,1-2H3,(H,14,15,17);1H. The molecule has 7 heteroatoms. The van der Waals surface area contributed by atoms with Crippen LogP contribution in [0, 0.1) is 5.92 Å². The fourth-order valence-corrected chi connectivity index (χ4v) is 2.70. The zero-order valence-electron chi connectivity index (χ0n) is 11.3. The van der Waals surface area contributed by atoms with Gasteiger partial charge in [-0.15, -0.1) is 12.4 Å². The third-order valence-corrected chi connectivity index (χ3v) is 3.97. The molecule has 2 N–H and O–H groups in total. The van der Waals surface area contributed by atoms with Gasteiger partial charge >= 0.3 is 0 Å². The summed E-state index contributed by atoms with van der Waals surface area (Å²) >= 11 is 1.68. The minimum absolute atomic E-state index is 0. The van der Waals surface area contributed by atoms with Crippen molar-refractivity contribution in [2.24, 2.45) is 5.92 Å². The van der Waals surface area contributed by atoms with Crippen LogP contribution in [0.5, 0.6) is 0 Å². The van der Waals surface area contributed by atoms with Crippen molar-refractivity contribution in [1.29, 1.82) is 0 Å². The van der Waals surface area contributed by atoms with E-state index in [0.29, 0.717) is 11.9 Å². The van der Waals surface area contributed by atoms with Crippen molar-refractivity contribution in [1.82, 2.24) is 15.1 Å².